The molecule has 0 aliphatic rings. The van der Waals surface area contributed by atoms with Gasteiger partial charge < -0.3 is 19.4 Å². The second-order valence-corrected chi connectivity index (χ2v) is 6.30. The van der Waals surface area contributed by atoms with Gasteiger partial charge in [-0.3, -0.25) is 4.79 Å². The lowest BCUT2D eigenvalue weighted by atomic mass is 10.2. The van der Waals surface area contributed by atoms with E-state index in [4.69, 9.17) is 9.15 Å². The predicted octanol–water partition coefficient (Wildman–Crippen LogP) is 4.17. The third-order valence-corrected chi connectivity index (χ3v) is 4.62. The Morgan fingerprint density at radius 1 is 1.26 bits per heavy atom. The Bertz CT molecular complexity index is 914. The summed E-state index contributed by atoms with van der Waals surface area (Å²) in [6.45, 7) is 7.80. The van der Waals surface area contributed by atoms with Gasteiger partial charge in [-0.1, -0.05) is 12.1 Å². The molecule has 0 saturated heterocycles. The number of nitrogens with one attached hydrogen (secondary N) is 1. The van der Waals surface area contributed by atoms with E-state index >= 15 is 0 Å². The molecule has 0 spiro atoms. The highest BCUT2D eigenvalue weighted by Crippen LogP contribution is 2.30. The number of ether oxygens (including phenoxy) is 1. The Kier molecular flexibility index (Phi) is 5.64. The van der Waals surface area contributed by atoms with Crippen molar-refractivity contribution in [1.29, 1.82) is 0 Å². The molecule has 1 unspecified atom stereocenters. The number of rotatable bonds is 7. The standard InChI is InChI=1S/C21H25N3O3/c1-5-24(6-2)19-11-10-16(13-22-19)21(25)23-14(3)18-12-15-8-7-9-17(26-4)20(15)27-18/h7-14H,5-6H2,1-4H3,(H,23,25). The molecule has 0 saturated carbocycles. The molecule has 0 radical (unpaired) electrons. The number of anilines is 1. The highest BCUT2D eigenvalue weighted by molar-refractivity contribution is 5.94. The summed E-state index contributed by atoms with van der Waals surface area (Å²) >= 11 is 0. The van der Waals surface area contributed by atoms with Gasteiger partial charge in [-0.25, -0.2) is 4.98 Å². The summed E-state index contributed by atoms with van der Waals surface area (Å²) in [5.74, 6) is 2.03. The fourth-order valence-electron chi connectivity index (χ4n) is 3.04. The lowest BCUT2D eigenvalue weighted by Crippen LogP contribution is -2.27. The summed E-state index contributed by atoms with van der Waals surface area (Å²) in [6, 6.07) is 11.0. The van der Waals surface area contributed by atoms with Crippen molar-refractivity contribution in [2.45, 2.75) is 26.8 Å². The molecule has 1 atom stereocenters. The van der Waals surface area contributed by atoms with Crippen LogP contribution in [0.15, 0.2) is 47.0 Å². The van der Waals surface area contributed by atoms with E-state index in [0.29, 0.717) is 22.7 Å². The Morgan fingerprint density at radius 3 is 2.67 bits per heavy atom. The number of carbonyl (C=O) groups excluding carboxylic acids is 1. The van der Waals surface area contributed by atoms with Crippen LogP contribution in [0.1, 0.15) is 42.9 Å². The van der Waals surface area contributed by atoms with Gasteiger partial charge in [0.05, 0.1) is 18.7 Å². The highest BCUT2D eigenvalue weighted by atomic mass is 16.5. The zero-order chi connectivity index (χ0) is 19.4. The molecule has 1 N–H and O–H groups in total. The average molecular weight is 367 g/mol. The molecule has 0 aliphatic heterocycles. The predicted molar refractivity (Wildman–Crippen MR) is 106 cm³/mol. The Balaban J connectivity index is 1.74. The zero-order valence-corrected chi connectivity index (χ0v) is 16.2. The molecule has 2 aromatic heterocycles. The van der Waals surface area contributed by atoms with Crippen LogP contribution >= 0.6 is 0 Å². The van der Waals surface area contributed by atoms with Gasteiger partial charge in [0.25, 0.3) is 5.91 Å². The van der Waals surface area contributed by atoms with Crippen molar-refractivity contribution in [2.24, 2.45) is 0 Å². The summed E-state index contributed by atoms with van der Waals surface area (Å²) in [6.07, 6.45) is 1.61. The minimum atomic E-state index is -0.280. The number of amides is 1. The minimum absolute atomic E-state index is 0.187. The van der Waals surface area contributed by atoms with Gasteiger partial charge in [0.1, 0.15) is 11.6 Å². The molecule has 6 nitrogen and oxygen atoms in total. The number of methoxy groups -OCH3 is 1. The van der Waals surface area contributed by atoms with E-state index in [2.05, 4.69) is 29.0 Å². The number of pyridine rings is 1. The van der Waals surface area contributed by atoms with Crippen LogP contribution in [0.25, 0.3) is 11.0 Å². The van der Waals surface area contributed by atoms with Crippen molar-refractivity contribution in [2.75, 3.05) is 25.1 Å². The Morgan fingerprint density at radius 2 is 2.04 bits per heavy atom. The molecule has 3 rings (SSSR count). The number of furan rings is 1. The maximum atomic E-state index is 12.6. The smallest absolute Gasteiger partial charge is 0.253 e. The minimum Gasteiger partial charge on any atom is -0.493 e. The second kappa shape index (κ2) is 8.12. The lowest BCUT2D eigenvalue weighted by molar-refractivity contribution is 0.0935. The number of para-hydroxylation sites is 1. The van der Waals surface area contributed by atoms with Crippen LogP contribution in [-0.4, -0.2) is 31.1 Å². The van der Waals surface area contributed by atoms with Gasteiger partial charge in [-0.2, -0.15) is 0 Å². The van der Waals surface area contributed by atoms with Gasteiger partial charge in [0, 0.05) is 24.7 Å². The number of aromatic nitrogens is 1. The zero-order valence-electron chi connectivity index (χ0n) is 16.2. The fraction of sp³-hybridized carbons (Fsp3) is 0.333. The molecular weight excluding hydrogens is 342 g/mol. The largest absolute Gasteiger partial charge is 0.493 e. The first-order chi connectivity index (χ1) is 13.1. The van der Waals surface area contributed by atoms with E-state index in [0.717, 1.165) is 24.3 Å². The SMILES string of the molecule is CCN(CC)c1ccc(C(=O)NC(C)c2cc3cccc(OC)c3o2)cn1. The summed E-state index contributed by atoms with van der Waals surface area (Å²) < 4.78 is 11.2. The molecule has 1 amide bonds. The summed E-state index contributed by atoms with van der Waals surface area (Å²) in [4.78, 5) is 19.1. The van der Waals surface area contributed by atoms with Crippen LogP contribution in [0.3, 0.4) is 0 Å². The number of hydrogen-bond donors (Lipinski definition) is 1. The van der Waals surface area contributed by atoms with E-state index in [1.165, 1.54) is 0 Å². The molecule has 2 heterocycles. The molecule has 142 valence electrons. The van der Waals surface area contributed by atoms with Gasteiger partial charge in [-0.15, -0.1) is 0 Å². The summed E-state index contributed by atoms with van der Waals surface area (Å²) in [7, 11) is 1.61. The van der Waals surface area contributed by atoms with Crippen molar-refractivity contribution >= 4 is 22.7 Å². The van der Waals surface area contributed by atoms with Crippen LogP contribution in [0.4, 0.5) is 5.82 Å². The Labute approximate surface area is 159 Å². The van der Waals surface area contributed by atoms with Gasteiger partial charge in [0.2, 0.25) is 0 Å². The molecule has 1 aromatic carbocycles. The van der Waals surface area contributed by atoms with Gasteiger partial charge in [-0.05, 0) is 45.0 Å². The van der Waals surface area contributed by atoms with Crippen molar-refractivity contribution < 1.29 is 13.9 Å². The number of hydrogen-bond acceptors (Lipinski definition) is 5. The van der Waals surface area contributed by atoms with E-state index < -0.39 is 0 Å². The average Bonchev–Trinajstić information content (AvgIpc) is 3.14. The van der Waals surface area contributed by atoms with Gasteiger partial charge in [0.15, 0.2) is 11.3 Å². The van der Waals surface area contributed by atoms with Crippen molar-refractivity contribution in [3.8, 4) is 5.75 Å². The van der Waals surface area contributed by atoms with Crippen LogP contribution in [-0.2, 0) is 0 Å². The molecule has 0 bridgehead atoms. The normalized spacial score (nSPS) is 12.0. The van der Waals surface area contributed by atoms with Crippen molar-refractivity contribution in [3.63, 3.8) is 0 Å². The van der Waals surface area contributed by atoms with E-state index in [9.17, 15) is 4.79 Å². The highest BCUT2D eigenvalue weighted by Gasteiger charge is 2.17. The third-order valence-electron chi connectivity index (χ3n) is 4.62. The monoisotopic (exact) mass is 367 g/mol. The van der Waals surface area contributed by atoms with E-state index in [-0.39, 0.29) is 11.9 Å². The number of nitrogens with zero attached hydrogens (tertiary/aromatic N) is 2. The van der Waals surface area contributed by atoms with E-state index in [1.54, 1.807) is 19.4 Å². The Hall–Kier alpha value is -3.02. The van der Waals surface area contributed by atoms with Crippen molar-refractivity contribution in [1.82, 2.24) is 10.3 Å². The quantitative estimate of drug-likeness (QED) is 0.679. The van der Waals surface area contributed by atoms with Crippen LogP contribution in [0.5, 0.6) is 5.75 Å². The molecule has 6 heteroatoms. The van der Waals surface area contributed by atoms with Crippen LogP contribution < -0.4 is 15.0 Å². The summed E-state index contributed by atoms with van der Waals surface area (Å²) in [5, 5.41) is 3.90. The third kappa shape index (κ3) is 3.89. The van der Waals surface area contributed by atoms with Gasteiger partial charge >= 0.3 is 0 Å². The second-order valence-electron chi connectivity index (χ2n) is 6.30. The maximum Gasteiger partial charge on any atom is 0.253 e. The molecule has 27 heavy (non-hydrogen) atoms. The first-order valence-electron chi connectivity index (χ1n) is 9.15. The van der Waals surface area contributed by atoms with Crippen molar-refractivity contribution in [3.05, 3.63) is 53.9 Å². The first kappa shape index (κ1) is 18.8. The first-order valence-corrected chi connectivity index (χ1v) is 9.15. The molecule has 0 aliphatic carbocycles. The lowest BCUT2D eigenvalue weighted by Gasteiger charge is -2.19. The summed E-state index contributed by atoms with van der Waals surface area (Å²) in [5.41, 5.74) is 1.20. The van der Waals surface area contributed by atoms with E-state index in [1.807, 2.05) is 37.3 Å². The number of fused-ring (bicyclic) bond motifs is 1. The fourth-order valence-corrected chi connectivity index (χ4v) is 3.04. The number of benzene rings is 1. The molecule has 0 fully saturated rings. The van der Waals surface area contributed by atoms with Crippen LogP contribution in [0, 0.1) is 0 Å². The van der Waals surface area contributed by atoms with Crippen LogP contribution in [0.2, 0.25) is 0 Å². The molecule has 3 aromatic rings. The maximum absolute atomic E-state index is 12.6. The molecular formula is C21H25N3O3. The number of carbonyl (C=O) groups is 1. The topological polar surface area (TPSA) is 67.6 Å².